The van der Waals surface area contributed by atoms with Gasteiger partial charge in [-0.25, -0.2) is 4.79 Å². The first-order valence-corrected chi connectivity index (χ1v) is 7.94. The molecule has 6 nitrogen and oxygen atoms in total. The fourth-order valence-electron chi connectivity index (χ4n) is 2.44. The maximum Gasteiger partial charge on any atom is 0.417 e. The summed E-state index contributed by atoms with van der Waals surface area (Å²) in [6.45, 7) is 0.209. The summed E-state index contributed by atoms with van der Waals surface area (Å²) in [5, 5.41) is 11.5. The van der Waals surface area contributed by atoms with Crippen molar-refractivity contribution in [1.82, 2.24) is 4.98 Å². The zero-order valence-electron chi connectivity index (χ0n) is 14.3. The second kappa shape index (κ2) is 8.52. The number of hydrogen-bond donors (Lipinski definition) is 2. The van der Waals surface area contributed by atoms with Crippen molar-refractivity contribution < 1.29 is 32.6 Å². The molecule has 2 rings (SSSR count). The second-order valence-corrected chi connectivity index (χ2v) is 5.57. The molecule has 0 spiro atoms. The van der Waals surface area contributed by atoms with Crippen LogP contribution in [0.2, 0.25) is 0 Å². The van der Waals surface area contributed by atoms with Gasteiger partial charge in [-0.15, -0.1) is 0 Å². The molecule has 0 aliphatic heterocycles. The van der Waals surface area contributed by atoms with Gasteiger partial charge in [-0.2, -0.15) is 13.2 Å². The zero-order valence-corrected chi connectivity index (χ0v) is 14.3. The molecule has 0 unspecified atom stereocenters. The lowest BCUT2D eigenvalue weighted by atomic mass is 10.0. The van der Waals surface area contributed by atoms with Gasteiger partial charge in [0, 0.05) is 24.7 Å². The first-order valence-electron chi connectivity index (χ1n) is 7.94. The molecule has 144 valence electrons. The third kappa shape index (κ3) is 5.19. The van der Waals surface area contributed by atoms with Gasteiger partial charge in [0.15, 0.2) is 0 Å². The average molecular weight is 382 g/mol. The summed E-state index contributed by atoms with van der Waals surface area (Å²) >= 11 is 0. The van der Waals surface area contributed by atoms with E-state index in [1.807, 2.05) is 0 Å². The Labute approximate surface area is 153 Å². The van der Waals surface area contributed by atoms with Crippen LogP contribution < -0.4 is 5.32 Å². The number of alkyl halides is 3. The van der Waals surface area contributed by atoms with E-state index < -0.39 is 23.7 Å². The molecule has 0 aliphatic carbocycles. The molecule has 0 fully saturated rings. The number of carbonyl (C=O) groups excluding carboxylic acids is 1. The summed E-state index contributed by atoms with van der Waals surface area (Å²) in [5.41, 5.74) is -0.693. The SMILES string of the molecule is COC(=O)c1cnc(-c2ccccc2C(F)(F)F)cc1NCCCC(=O)O. The highest BCUT2D eigenvalue weighted by molar-refractivity contribution is 5.96. The lowest BCUT2D eigenvalue weighted by Crippen LogP contribution is -2.12. The lowest BCUT2D eigenvalue weighted by molar-refractivity contribution is -0.138. The number of nitrogens with zero attached hydrogens (tertiary/aromatic N) is 1. The van der Waals surface area contributed by atoms with Gasteiger partial charge < -0.3 is 15.2 Å². The smallest absolute Gasteiger partial charge is 0.417 e. The van der Waals surface area contributed by atoms with Crippen LogP contribution in [0.3, 0.4) is 0 Å². The summed E-state index contributed by atoms with van der Waals surface area (Å²) in [4.78, 5) is 26.4. The molecule has 1 aromatic heterocycles. The molecule has 2 aromatic rings. The topological polar surface area (TPSA) is 88.5 Å². The number of carbonyl (C=O) groups is 2. The van der Waals surface area contributed by atoms with Crippen LogP contribution in [0.4, 0.5) is 18.9 Å². The van der Waals surface area contributed by atoms with Crippen LogP contribution in [0, 0.1) is 0 Å². The predicted molar refractivity (Wildman–Crippen MR) is 91.4 cm³/mol. The number of esters is 1. The molecule has 0 bridgehead atoms. The van der Waals surface area contributed by atoms with Gasteiger partial charge in [0.2, 0.25) is 0 Å². The number of pyridine rings is 1. The van der Waals surface area contributed by atoms with Crippen molar-refractivity contribution in [2.45, 2.75) is 19.0 Å². The molecule has 0 radical (unpaired) electrons. The number of nitrogens with one attached hydrogen (secondary N) is 1. The number of methoxy groups -OCH3 is 1. The number of aliphatic carboxylic acids is 1. The monoisotopic (exact) mass is 382 g/mol. The normalized spacial score (nSPS) is 11.1. The van der Waals surface area contributed by atoms with Gasteiger partial charge in [-0.1, -0.05) is 18.2 Å². The van der Waals surface area contributed by atoms with E-state index in [1.165, 1.54) is 31.4 Å². The fraction of sp³-hybridized carbons (Fsp3) is 0.278. The van der Waals surface area contributed by atoms with Crippen molar-refractivity contribution in [3.8, 4) is 11.3 Å². The lowest BCUT2D eigenvalue weighted by Gasteiger charge is -2.15. The van der Waals surface area contributed by atoms with Crippen LogP contribution in [0.1, 0.15) is 28.8 Å². The molecule has 9 heteroatoms. The Kier molecular flexibility index (Phi) is 6.38. The Balaban J connectivity index is 2.41. The number of aromatic nitrogens is 1. The number of carboxylic acids is 1. The summed E-state index contributed by atoms with van der Waals surface area (Å²) in [6.07, 6.45) is -3.25. The molecule has 2 N–H and O–H groups in total. The van der Waals surface area contributed by atoms with Crippen LogP contribution in [0.15, 0.2) is 36.5 Å². The van der Waals surface area contributed by atoms with Gasteiger partial charge in [0.05, 0.1) is 24.1 Å². The van der Waals surface area contributed by atoms with Gasteiger partial charge in [-0.3, -0.25) is 9.78 Å². The number of anilines is 1. The van der Waals surface area contributed by atoms with Gasteiger partial charge >= 0.3 is 18.1 Å². The summed E-state index contributed by atoms with van der Waals surface area (Å²) in [7, 11) is 1.17. The van der Waals surface area contributed by atoms with Gasteiger partial charge in [0.25, 0.3) is 0 Å². The minimum absolute atomic E-state index is 0.0244. The Morgan fingerprint density at radius 2 is 1.96 bits per heavy atom. The molecule has 0 atom stereocenters. The van der Waals surface area contributed by atoms with Crippen molar-refractivity contribution in [1.29, 1.82) is 0 Å². The predicted octanol–water partition coefficient (Wildman–Crippen LogP) is 3.83. The number of rotatable bonds is 7. The number of halogens is 3. The highest BCUT2D eigenvalue weighted by atomic mass is 19.4. The van der Waals surface area contributed by atoms with Crippen LogP contribution in [0.5, 0.6) is 0 Å². The number of carboxylic acid groups (broad SMARTS) is 1. The third-order valence-corrected chi connectivity index (χ3v) is 3.70. The zero-order chi connectivity index (χ0) is 20.0. The van der Waals surface area contributed by atoms with Crippen molar-refractivity contribution >= 4 is 17.6 Å². The minimum Gasteiger partial charge on any atom is -0.481 e. The fourth-order valence-corrected chi connectivity index (χ4v) is 2.44. The van der Waals surface area contributed by atoms with E-state index in [9.17, 15) is 22.8 Å². The Morgan fingerprint density at radius 3 is 2.59 bits per heavy atom. The molecule has 0 saturated heterocycles. The van der Waals surface area contributed by atoms with E-state index in [1.54, 1.807) is 0 Å². The maximum absolute atomic E-state index is 13.2. The molecule has 0 saturated carbocycles. The van der Waals surface area contributed by atoms with Crippen LogP contribution in [-0.2, 0) is 15.7 Å². The average Bonchev–Trinajstić information content (AvgIpc) is 2.63. The molecular weight excluding hydrogens is 365 g/mol. The molecule has 0 aliphatic rings. The largest absolute Gasteiger partial charge is 0.481 e. The molecule has 1 aromatic carbocycles. The molecule has 1 heterocycles. The van der Waals surface area contributed by atoms with E-state index >= 15 is 0 Å². The quantitative estimate of drug-likeness (QED) is 0.559. The Bertz CT molecular complexity index is 838. The number of ether oxygens (including phenoxy) is 1. The van der Waals surface area contributed by atoms with E-state index in [-0.39, 0.29) is 41.9 Å². The van der Waals surface area contributed by atoms with Crippen LogP contribution in [0.25, 0.3) is 11.3 Å². The first-order chi connectivity index (χ1) is 12.7. The summed E-state index contributed by atoms with van der Waals surface area (Å²) in [6, 6.07) is 6.29. The van der Waals surface area contributed by atoms with Crippen LogP contribution >= 0.6 is 0 Å². The molecule has 0 amide bonds. The number of benzene rings is 1. The van der Waals surface area contributed by atoms with Crippen molar-refractivity contribution in [3.63, 3.8) is 0 Å². The maximum atomic E-state index is 13.2. The Hall–Kier alpha value is -3.10. The molecule has 27 heavy (non-hydrogen) atoms. The van der Waals surface area contributed by atoms with E-state index in [0.717, 1.165) is 12.3 Å². The van der Waals surface area contributed by atoms with Crippen LogP contribution in [-0.4, -0.2) is 35.7 Å². The molecular formula is C18H17F3N2O4. The minimum atomic E-state index is -4.56. The highest BCUT2D eigenvalue weighted by Gasteiger charge is 2.33. The van der Waals surface area contributed by atoms with E-state index in [0.29, 0.717) is 0 Å². The van der Waals surface area contributed by atoms with E-state index in [4.69, 9.17) is 5.11 Å². The van der Waals surface area contributed by atoms with E-state index in [2.05, 4.69) is 15.0 Å². The van der Waals surface area contributed by atoms with Crippen molar-refractivity contribution in [2.24, 2.45) is 0 Å². The highest BCUT2D eigenvalue weighted by Crippen LogP contribution is 2.37. The standard InChI is InChI=1S/C18H17F3N2O4/c1-27-17(26)12-10-23-14(9-15(12)22-8-4-7-16(24)25)11-5-2-3-6-13(11)18(19,20)21/h2-3,5-6,9-10H,4,7-8H2,1H3,(H,22,23)(H,24,25). The van der Waals surface area contributed by atoms with Crippen molar-refractivity contribution in [2.75, 3.05) is 19.0 Å². The first kappa shape index (κ1) is 20.2. The number of hydrogen-bond acceptors (Lipinski definition) is 5. The Morgan fingerprint density at radius 1 is 1.26 bits per heavy atom. The van der Waals surface area contributed by atoms with Gasteiger partial charge in [0.1, 0.15) is 5.56 Å². The third-order valence-electron chi connectivity index (χ3n) is 3.70. The summed E-state index contributed by atoms with van der Waals surface area (Å²) < 4.78 is 44.4. The second-order valence-electron chi connectivity index (χ2n) is 5.57. The summed E-state index contributed by atoms with van der Waals surface area (Å²) in [5.74, 6) is -1.68. The van der Waals surface area contributed by atoms with Crippen molar-refractivity contribution in [3.05, 3.63) is 47.7 Å². The van der Waals surface area contributed by atoms with Gasteiger partial charge in [-0.05, 0) is 18.6 Å².